The molecule has 4 heteroatoms. The van der Waals surface area contributed by atoms with E-state index in [1.165, 1.54) is 6.07 Å². The zero-order valence-electron chi connectivity index (χ0n) is 8.48. The maximum Gasteiger partial charge on any atom is 0.228 e. The van der Waals surface area contributed by atoms with Crippen LogP contribution in [0.5, 0.6) is 5.75 Å². The van der Waals surface area contributed by atoms with Gasteiger partial charge in [-0.05, 0) is 18.2 Å². The number of halogens is 1. The molecule has 0 aliphatic carbocycles. The molecule has 0 aromatic heterocycles. The minimum absolute atomic E-state index is 0.00515. The van der Waals surface area contributed by atoms with Crippen molar-refractivity contribution in [2.45, 2.75) is 6.42 Å². The van der Waals surface area contributed by atoms with Crippen LogP contribution in [0.4, 0.5) is 5.69 Å². The average Bonchev–Trinajstić information content (AvgIpc) is 2.64. The van der Waals surface area contributed by atoms with Crippen LogP contribution in [0.3, 0.4) is 0 Å². The Morgan fingerprint density at radius 1 is 1.56 bits per heavy atom. The van der Waals surface area contributed by atoms with Crippen molar-refractivity contribution in [3.8, 4) is 18.1 Å². The number of carbonyl (C=O) groups is 1. The van der Waals surface area contributed by atoms with Gasteiger partial charge in [0.2, 0.25) is 5.91 Å². The number of phenolic OH excluding ortho intramolecular Hbond substituents is 1. The normalized spacial score (nSPS) is 19.9. The third-order valence-electron chi connectivity index (χ3n) is 2.60. The second-order valence-corrected chi connectivity index (χ2v) is 4.11. The minimum atomic E-state index is -0.0416. The fourth-order valence-corrected chi connectivity index (χ4v) is 1.91. The van der Waals surface area contributed by atoms with E-state index in [9.17, 15) is 9.90 Å². The van der Waals surface area contributed by atoms with Crippen LogP contribution >= 0.6 is 11.6 Å². The van der Waals surface area contributed by atoms with Gasteiger partial charge >= 0.3 is 0 Å². The van der Waals surface area contributed by atoms with Gasteiger partial charge in [-0.25, -0.2) is 0 Å². The number of benzene rings is 1. The van der Waals surface area contributed by atoms with E-state index >= 15 is 0 Å². The second kappa shape index (κ2) is 4.07. The lowest BCUT2D eigenvalue weighted by molar-refractivity contribution is -0.117. The molecule has 1 saturated heterocycles. The monoisotopic (exact) mass is 235 g/mol. The van der Waals surface area contributed by atoms with Gasteiger partial charge in [-0.15, -0.1) is 12.3 Å². The zero-order chi connectivity index (χ0) is 11.7. The van der Waals surface area contributed by atoms with E-state index in [2.05, 4.69) is 5.92 Å². The van der Waals surface area contributed by atoms with E-state index in [-0.39, 0.29) is 22.6 Å². The summed E-state index contributed by atoms with van der Waals surface area (Å²) < 4.78 is 0. The SMILES string of the molecule is C#CC1CC(=O)N(c2ccc(O)c(Cl)c2)C1. The van der Waals surface area contributed by atoms with E-state index in [0.717, 1.165) is 0 Å². The van der Waals surface area contributed by atoms with Crippen molar-refractivity contribution in [3.05, 3.63) is 23.2 Å². The van der Waals surface area contributed by atoms with Gasteiger partial charge in [0.15, 0.2) is 0 Å². The van der Waals surface area contributed by atoms with Crippen molar-refractivity contribution in [3.63, 3.8) is 0 Å². The molecule has 2 rings (SSSR count). The van der Waals surface area contributed by atoms with Gasteiger partial charge in [-0.1, -0.05) is 11.6 Å². The summed E-state index contributed by atoms with van der Waals surface area (Å²) >= 11 is 5.78. The predicted octanol–water partition coefficient (Wildman–Crippen LogP) is 2.03. The number of hydrogen-bond donors (Lipinski definition) is 1. The molecule has 1 aliphatic heterocycles. The number of terminal acetylenes is 1. The Bertz CT molecular complexity index is 478. The van der Waals surface area contributed by atoms with E-state index in [1.54, 1.807) is 17.0 Å². The molecule has 1 N–H and O–H groups in total. The fourth-order valence-electron chi connectivity index (χ4n) is 1.73. The van der Waals surface area contributed by atoms with Crippen LogP contribution in [0.2, 0.25) is 5.02 Å². The number of rotatable bonds is 1. The molecule has 3 nitrogen and oxygen atoms in total. The highest BCUT2D eigenvalue weighted by Gasteiger charge is 2.29. The van der Waals surface area contributed by atoms with Crippen LogP contribution in [0.1, 0.15) is 6.42 Å². The van der Waals surface area contributed by atoms with Gasteiger partial charge in [-0.2, -0.15) is 0 Å². The molecule has 0 saturated carbocycles. The molecule has 1 aromatic carbocycles. The third-order valence-corrected chi connectivity index (χ3v) is 2.91. The van der Waals surface area contributed by atoms with E-state index in [1.807, 2.05) is 0 Å². The highest BCUT2D eigenvalue weighted by Crippen LogP contribution is 2.31. The molecule has 1 fully saturated rings. The topological polar surface area (TPSA) is 40.5 Å². The Hall–Kier alpha value is -1.66. The summed E-state index contributed by atoms with van der Waals surface area (Å²) in [5, 5.41) is 9.51. The maximum absolute atomic E-state index is 11.7. The molecular weight excluding hydrogens is 226 g/mol. The molecule has 16 heavy (non-hydrogen) atoms. The molecule has 1 heterocycles. The van der Waals surface area contributed by atoms with Crippen LogP contribution < -0.4 is 4.90 Å². The highest BCUT2D eigenvalue weighted by molar-refractivity contribution is 6.32. The summed E-state index contributed by atoms with van der Waals surface area (Å²) in [5.74, 6) is 2.53. The number of carbonyl (C=O) groups excluding carboxylic acids is 1. The Balaban J connectivity index is 2.29. The van der Waals surface area contributed by atoms with E-state index in [0.29, 0.717) is 18.7 Å². The van der Waals surface area contributed by atoms with Gasteiger partial charge in [-0.3, -0.25) is 4.79 Å². The van der Waals surface area contributed by atoms with Gasteiger partial charge in [0.05, 0.1) is 5.02 Å². The van der Waals surface area contributed by atoms with Crippen molar-refractivity contribution in [2.24, 2.45) is 5.92 Å². The lowest BCUT2D eigenvalue weighted by atomic mass is 10.1. The summed E-state index contributed by atoms with van der Waals surface area (Å²) in [4.78, 5) is 13.3. The van der Waals surface area contributed by atoms with Crippen LogP contribution in [0, 0.1) is 18.3 Å². The van der Waals surface area contributed by atoms with Gasteiger partial charge in [0.25, 0.3) is 0 Å². The molecular formula is C12H10ClNO2. The van der Waals surface area contributed by atoms with Gasteiger partial charge in [0, 0.05) is 24.6 Å². The smallest absolute Gasteiger partial charge is 0.228 e. The van der Waals surface area contributed by atoms with E-state index < -0.39 is 0 Å². The number of aromatic hydroxyl groups is 1. The molecule has 1 amide bonds. The molecule has 1 aromatic rings. The summed E-state index contributed by atoms with van der Waals surface area (Å²) in [5.41, 5.74) is 0.672. The maximum atomic E-state index is 11.7. The summed E-state index contributed by atoms with van der Waals surface area (Å²) in [6.07, 6.45) is 5.67. The molecule has 0 radical (unpaired) electrons. The van der Waals surface area contributed by atoms with Crippen LogP contribution in [0.25, 0.3) is 0 Å². The summed E-state index contributed by atoms with van der Waals surface area (Å²) in [6.45, 7) is 0.510. The summed E-state index contributed by atoms with van der Waals surface area (Å²) in [6, 6.07) is 4.68. The van der Waals surface area contributed by atoms with Crippen molar-refractivity contribution in [1.29, 1.82) is 0 Å². The molecule has 1 aliphatic rings. The van der Waals surface area contributed by atoms with Crippen LogP contribution in [0.15, 0.2) is 18.2 Å². The lowest BCUT2D eigenvalue weighted by Gasteiger charge is -2.16. The number of phenols is 1. The standard InChI is InChI=1S/C12H10ClNO2/c1-2-8-5-12(16)14(7-8)9-3-4-11(15)10(13)6-9/h1,3-4,6,8,15H,5,7H2. The molecule has 0 bridgehead atoms. The molecule has 1 unspecified atom stereocenters. The Morgan fingerprint density at radius 3 is 2.88 bits per heavy atom. The molecule has 0 spiro atoms. The number of anilines is 1. The minimum Gasteiger partial charge on any atom is -0.506 e. The number of hydrogen-bond acceptors (Lipinski definition) is 2. The van der Waals surface area contributed by atoms with E-state index in [4.69, 9.17) is 18.0 Å². The number of nitrogens with zero attached hydrogens (tertiary/aromatic N) is 1. The largest absolute Gasteiger partial charge is 0.506 e. The van der Waals surface area contributed by atoms with Crippen molar-refractivity contribution in [1.82, 2.24) is 0 Å². The quantitative estimate of drug-likeness (QED) is 0.757. The first-order valence-electron chi connectivity index (χ1n) is 4.87. The van der Waals surface area contributed by atoms with Gasteiger partial charge < -0.3 is 10.0 Å². The predicted molar refractivity (Wildman–Crippen MR) is 62.4 cm³/mol. The van der Waals surface area contributed by atoms with Crippen molar-refractivity contribution < 1.29 is 9.90 Å². The van der Waals surface area contributed by atoms with Gasteiger partial charge in [0.1, 0.15) is 5.75 Å². The van der Waals surface area contributed by atoms with Crippen molar-refractivity contribution >= 4 is 23.2 Å². The molecule has 82 valence electrons. The van der Waals surface area contributed by atoms with Crippen LogP contribution in [-0.2, 0) is 4.79 Å². The lowest BCUT2D eigenvalue weighted by Crippen LogP contribution is -2.24. The Labute approximate surface area is 98.6 Å². The number of amides is 1. The van der Waals surface area contributed by atoms with Crippen molar-refractivity contribution in [2.75, 3.05) is 11.4 Å². The third kappa shape index (κ3) is 1.84. The first-order chi connectivity index (χ1) is 7.61. The Kier molecular flexibility index (Phi) is 2.76. The highest BCUT2D eigenvalue weighted by atomic mass is 35.5. The zero-order valence-corrected chi connectivity index (χ0v) is 9.24. The van der Waals surface area contributed by atoms with Crippen LogP contribution in [-0.4, -0.2) is 17.6 Å². The second-order valence-electron chi connectivity index (χ2n) is 3.71. The average molecular weight is 236 g/mol. The Morgan fingerprint density at radius 2 is 2.31 bits per heavy atom. The first kappa shape index (κ1) is 10.8. The summed E-state index contributed by atoms with van der Waals surface area (Å²) in [7, 11) is 0. The molecule has 1 atom stereocenters. The first-order valence-corrected chi connectivity index (χ1v) is 5.24. The fraction of sp³-hybridized carbons (Fsp3) is 0.250.